The van der Waals surface area contributed by atoms with Crippen LogP contribution in [-0.4, -0.2) is 46.7 Å². The summed E-state index contributed by atoms with van der Waals surface area (Å²) < 4.78 is 36.7. The molecule has 4 aromatic rings. The zero-order valence-electron chi connectivity index (χ0n) is 18.1. The maximum atomic E-state index is 15.0. The Kier molecular flexibility index (Phi) is 5.41. The van der Waals surface area contributed by atoms with E-state index in [1.54, 1.807) is 16.7 Å². The molecule has 1 saturated heterocycles. The molecule has 1 amide bonds. The summed E-state index contributed by atoms with van der Waals surface area (Å²) in [6.45, 7) is 4.48. The maximum absolute atomic E-state index is 15.0. The van der Waals surface area contributed by atoms with Gasteiger partial charge in [0.2, 0.25) is 0 Å². The second kappa shape index (κ2) is 8.40. The number of anilines is 1. The molecule has 0 unspecified atom stereocenters. The number of imidazole rings is 1. The molecule has 0 saturated carbocycles. The highest BCUT2D eigenvalue weighted by atomic mass is 19.1. The molecule has 170 valence electrons. The third-order valence-electron chi connectivity index (χ3n) is 5.94. The molecule has 3 heterocycles. The van der Waals surface area contributed by atoms with Gasteiger partial charge in [0.25, 0.3) is 5.91 Å². The van der Waals surface area contributed by atoms with Gasteiger partial charge in [-0.3, -0.25) is 14.3 Å². The van der Waals surface area contributed by atoms with Crippen LogP contribution >= 0.6 is 0 Å². The Morgan fingerprint density at radius 2 is 1.88 bits per heavy atom. The number of aromatic nitrogens is 3. The predicted molar refractivity (Wildman–Crippen MR) is 122 cm³/mol. The third kappa shape index (κ3) is 3.58. The van der Waals surface area contributed by atoms with Crippen molar-refractivity contribution in [3.8, 4) is 5.69 Å². The van der Waals surface area contributed by atoms with Crippen LogP contribution in [0.25, 0.3) is 27.6 Å². The fourth-order valence-corrected chi connectivity index (χ4v) is 4.43. The number of nitrogens with zero attached hydrogens (tertiary/aromatic N) is 4. The van der Waals surface area contributed by atoms with Crippen molar-refractivity contribution in [2.24, 2.45) is 5.73 Å². The van der Waals surface area contributed by atoms with E-state index in [9.17, 15) is 13.6 Å². The SMILES string of the molecule is CCCc1nc2c(C(N)=O)cc(N3CCOCC3)cc2n1-c1ccnc2c(F)ccc(F)c12. The van der Waals surface area contributed by atoms with Gasteiger partial charge in [-0.15, -0.1) is 0 Å². The maximum Gasteiger partial charge on any atom is 0.251 e. The van der Waals surface area contributed by atoms with Crippen LogP contribution in [0.4, 0.5) is 14.5 Å². The largest absolute Gasteiger partial charge is 0.378 e. The van der Waals surface area contributed by atoms with Crippen LogP contribution in [0.1, 0.15) is 29.5 Å². The zero-order valence-corrected chi connectivity index (χ0v) is 18.1. The van der Waals surface area contributed by atoms with E-state index < -0.39 is 17.5 Å². The predicted octanol–water partition coefficient (Wildman–Crippen LogP) is 3.74. The summed E-state index contributed by atoms with van der Waals surface area (Å²) >= 11 is 0. The molecule has 0 bridgehead atoms. The molecular formula is C24H23F2N5O2. The minimum atomic E-state index is -0.610. The van der Waals surface area contributed by atoms with E-state index >= 15 is 0 Å². The quantitative estimate of drug-likeness (QED) is 0.500. The fourth-order valence-electron chi connectivity index (χ4n) is 4.43. The summed E-state index contributed by atoms with van der Waals surface area (Å²) in [5.41, 5.74) is 8.22. The molecule has 1 aliphatic rings. The van der Waals surface area contributed by atoms with Crippen molar-refractivity contribution in [1.29, 1.82) is 0 Å². The molecule has 7 nitrogen and oxygen atoms in total. The Balaban J connectivity index is 1.86. The van der Waals surface area contributed by atoms with Crippen LogP contribution in [0, 0.1) is 11.6 Å². The molecule has 0 spiro atoms. The van der Waals surface area contributed by atoms with Gasteiger partial charge in [0, 0.05) is 31.4 Å². The summed E-state index contributed by atoms with van der Waals surface area (Å²) in [7, 11) is 0. The molecule has 2 aromatic carbocycles. The number of morpholine rings is 1. The number of carbonyl (C=O) groups is 1. The molecule has 1 aliphatic heterocycles. The number of aryl methyl sites for hydroxylation is 1. The van der Waals surface area contributed by atoms with Crippen molar-refractivity contribution in [2.75, 3.05) is 31.2 Å². The fraction of sp³-hybridized carbons (Fsp3) is 0.292. The van der Waals surface area contributed by atoms with E-state index in [-0.39, 0.29) is 16.5 Å². The molecule has 0 aliphatic carbocycles. The lowest BCUT2D eigenvalue weighted by Crippen LogP contribution is -2.36. The number of ether oxygens (including phenoxy) is 1. The first-order valence-electron chi connectivity index (χ1n) is 10.9. The Hall–Kier alpha value is -3.59. The van der Waals surface area contributed by atoms with Gasteiger partial charge in [0.1, 0.15) is 28.5 Å². The second-order valence-electron chi connectivity index (χ2n) is 8.02. The first kappa shape index (κ1) is 21.3. The second-order valence-corrected chi connectivity index (χ2v) is 8.02. The van der Waals surface area contributed by atoms with Crippen molar-refractivity contribution in [3.05, 3.63) is 59.6 Å². The van der Waals surface area contributed by atoms with Crippen LogP contribution in [-0.2, 0) is 11.2 Å². The summed E-state index contributed by atoms with van der Waals surface area (Å²) in [6, 6.07) is 7.46. The average Bonchev–Trinajstić information content (AvgIpc) is 3.19. The lowest BCUT2D eigenvalue weighted by Gasteiger charge is -2.29. The Labute approximate surface area is 188 Å². The minimum Gasteiger partial charge on any atom is -0.378 e. The summed E-state index contributed by atoms with van der Waals surface area (Å²) in [5, 5.41) is 0.0616. The Bertz CT molecular complexity index is 1380. The molecular weight excluding hydrogens is 428 g/mol. The van der Waals surface area contributed by atoms with Gasteiger partial charge in [-0.1, -0.05) is 6.92 Å². The van der Waals surface area contributed by atoms with Crippen LogP contribution in [0.15, 0.2) is 36.5 Å². The molecule has 1 fully saturated rings. The number of hydrogen-bond donors (Lipinski definition) is 1. The molecule has 2 aromatic heterocycles. The molecule has 33 heavy (non-hydrogen) atoms. The standard InChI is InChI=1S/C24H23F2N5O2/c1-2-3-20-29-22-15(24(27)32)12-14(30-8-10-33-11-9-30)13-19(22)31(20)18-6-7-28-23-17(26)5-4-16(25)21(18)23/h4-7,12-13H,2-3,8-11H2,1H3,(H2,27,32). The number of primary amides is 1. The number of rotatable bonds is 5. The smallest absolute Gasteiger partial charge is 0.251 e. The molecule has 0 radical (unpaired) electrons. The van der Waals surface area contributed by atoms with Gasteiger partial charge in [0.05, 0.1) is 35.4 Å². The van der Waals surface area contributed by atoms with Crippen molar-refractivity contribution in [1.82, 2.24) is 14.5 Å². The highest BCUT2D eigenvalue weighted by Crippen LogP contribution is 2.34. The highest BCUT2D eigenvalue weighted by molar-refractivity contribution is 6.06. The number of hydrogen-bond acceptors (Lipinski definition) is 5. The van der Waals surface area contributed by atoms with E-state index in [0.717, 1.165) is 24.2 Å². The lowest BCUT2D eigenvalue weighted by molar-refractivity contribution is 0.100. The number of carbonyl (C=O) groups excluding carboxylic acids is 1. The third-order valence-corrected chi connectivity index (χ3v) is 5.94. The van der Waals surface area contributed by atoms with Crippen molar-refractivity contribution in [2.45, 2.75) is 19.8 Å². The summed E-state index contributed by atoms with van der Waals surface area (Å²) in [4.78, 5) is 23.3. The molecule has 2 N–H and O–H groups in total. The van der Waals surface area contributed by atoms with Crippen molar-refractivity contribution >= 4 is 33.5 Å². The zero-order chi connectivity index (χ0) is 23.1. The molecule has 0 atom stereocenters. The molecule has 9 heteroatoms. The van der Waals surface area contributed by atoms with Gasteiger partial charge in [0.15, 0.2) is 0 Å². The van der Waals surface area contributed by atoms with E-state index in [0.29, 0.717) is 55.3 Å². The van der Waals surface area contributed by atoms with E-state index in [4.69, 9.17) is 15.5 Å². The number of amides is 1. The first-order valence-corrected chi connectivity index (χ1v) is 10.9. The normalized spacial score (nSPS) is 14.3. The van der Waals surface area contributed by atoms with Gasteiger partial charge in [-0.2, -0.15) is 0 Å². The summed E-state index contributed by atoms with van der Waals surface area (Å²) in [6.07, 6.45) is 2.79. The number of fused-ring (bicyclic) bond motifs is 2. The number of pyridine rings is 1. The van der Waals surface area contributed by atoms with Crippen LogP contribution in [0.2, 0.25) is 0 Å². The van der Waals surface area contributed by atoms with E-state index in [2.05, 4.69) is 9.88 Å². The van der Waals surface area contributed by atoms with E-state index in [1.165, 1.54) is 6.20 Å². The lowest BCUT2D eigenvalue weighted by atomic mass is 10.1. The Morgan fingerprint density at radius 1 is 1.12 bits per heavy atom. The summed E-state index contributed by atoms with van der Waals surface area (Å²) in [5.74, 6) is -1.16. The first-order chi connectivity index (χ1) is 16.0. The van der Waals surface area contributed by atoms with Crippen molar-refractivity contribution < 1.29 is 18.3 Å². The molecule has 5 rings (SSSR count). The van der Waals surface area contributed by atoms with Gasteiger partial charge >= 0.3 is 0 Å². The van der Waals surface area contributed by atoms with Gasteiger partial charge < -0.3 is 15.4 Å². The topological polar surface area (TPSA) is 86.3 Å². The van der Waals surface area contributed by atoms with Crippen LogP contribution in [0.3, 0.4) is 0 Å². The van der Waals surface area contributed by atoms with Crippen molar-refractivity contribution in [3.63, 3.8) is 0 Å². The van der Waals surface area contributed by atoms with Gasteiger partial charge in [-0.25, -0.2) is 13.8 Å². The number of nitrogens with two attached hydrogens (primary N) is 1. The Morgan fingerprint density at radius 3 is 2.61 bits per heavy atom. The minimum absolute atomic E-state index is 0.0590. The monoisotopic (exact) mass is 451 g/mol. The van der Waals surface area contributed by atoms with Gasteiger partial charge in [-0.05, 0) is 36.8 Å². The van der Waals surface area contributed by atoms with Crippen LogP contribution in [0.5, 0.6) is 0 Å². The van der Waals surface area contributed by atoms with Crippen LogP contribution < -0.4 is 10.6 Å². The van der Waals surface area contributed by atoms with E-state index in [1.807, 2.05) is 13.0 Å². The average molecular weight is 451 g/mol. The number of benzene rings is 2. The number of halogens is 2. The highest BCUT2D eigenvalue weighted by Gasteiger charge is 2.23.